The zero-order valence-electron chi connectivity index (χ0n) is 12.6. The second kappa shape index (κ2) is 8.26. The first-order valence-corrected chi connectivity index (χ1v) is 7.46. The number of likely N-dealkylation sites (N-methyl/N-ethyl adjacent to an activating group) is 1. The Kier molecular flexibility index (Phi) is 6.99. The van der Waals surface area contributed by atoms with E-state index >= 15 is 0 Å². The highest BCUT2D eigenvalue weighted by Crippen LogP contribution is 2.17. The van der Waals surface area contributed by atoms with Crippen LogP contribution in [0.2, 0.25) is 0 Å². The van der Waals surface area contributed by atoms with Crippen molar-refractivity contribution < 1.29 is 4.79 Å². The maximum atomic E-state index is 12.1. The average molecular weight is 389 g/mol. The van der Waals surface area contributed by atoms with Crippen molar-refractivity contribution in [3.05, 3.63) is 40.1 Å². The van der Waals surface area contributed by atoms with Crippen LogP contribution in [0.3, 0.4) is 0 Å². The lowest BCUT2D eigenvalue weighted by molar-refractivity contribution is 0.0945. The molecule has 0 saturated carbocycles. The normalized spacial score (nSPS) is 11.6. The molecule has 1 aromatic heterocycles. The Morgan fingerprint density at radius 3 is 2.82 bits per heavy atom. The van der Waals surface area contributed by atoms with Gasteiger partial charge in [0.1, 0.15) is 0 Å². The maximum absolute atomic E-state index is 12.1. The minimum absolute atomic E-state index is 0. The predicted molar refractivity (Wildman–Crippen MR) is 91.9 cm³/mol. The molecule has 1 heterocycles. The van der Waals surface area contributed by atoms with Gasteiger partial charge in [0.25, 0.3) is 5.91 Å². The number of nitrogens with one attached hydrogen (secondary N) is 2. The van der Waals surface area contributed by atoms with E-state index in [4.69, 9.17) is 0 Å². The van der Waals surface area contributed by atoms with Crippen molar-refractivity contribution >= 4 is 34.2 Å². The third kappa shape index (κ3) is 4.28. The number of halogens is 2. The summed E-state index contributed by atoms with van der Waals surface area (Å²) in [6, 6.07) is 7.88. The summed E-state index contributed by atoms with van der Waals surface area (Å²) in [5.74, 6) is -0.212. The summed E-state index contributed by atoms with van der Waals surface area (Å²) in [7, 11) is 1.85. The topological polar surface area (TPSA) is 71.8 Å². The van der Waals surface area contributed by atoms with Crippen LogP contribution in [-0.2, 0) is 0 Å². The molecular formula is C14H19BrClN5O. The summed E-state index contributed by atoms with van der Waals surface area (Å²) in [6.45, 7) is 4.36. The van der Waals surface area contributed by atoms with Gasteiger partial charge in [0.05, 0.1) is 11.4 Å². The number of rotatable bonds is 5. The van der Waals surface area contributed by atoms with Crippen molar-refractivity contribution in [3.63, 3.8) is 0 Å². The van der Waals surface area contributed by atoms with E-state index in [1.807, 2.05) is 45.2 Å². The zero-order valence-corrected chi connectivity index (χ0v) is 15.0. The van der Waals surface area contributed by atoms with E-state index in [1.54, 1.807) is 4.68 Å². The minimum Gasteiger partial charge on any atom is -0.349 e. The third-order valence-electron chi connectivity index (χ3n) is 3.22. The van der Waals surface area contributed by atoms with Crippen LogP contribution < -0.4 is 10.6 Å². The van der Waals surface area contributed by atoms with E-state index in [0.29, 0.717) is 17.9 Å². The quantitative estimate of drug-likeness (QED) is 0.823. The van der Waals surface area contributed by atoms with Crippen molar-refractivity contribution in [2.75, 3.05) is 13.6 Å². The van der Waals surface area contributed by atoms with Gasteiger partial charge in [-0.1, -0.05) is 27.2 Å². The fraction of sp³-hybridized carbons (Fsp3) is 0.357. The summed E-state index contributed by atoms with van der Waals surface area (Å²) in [5, 5.41) is 14.0. The second-order valence-corrected chi connectivity index (χ2v) is 5.73. The molecule has 1 amide bonds. The number of hydrogen-bond donors (Lipinski definition) is 2. The molecule has 1 aromatic carbocycles. The van der Waals surface area contributed by atoms with Crippen LogP contribution in [-0.4, -0.2) is 40.5 Å². The maximum Gasteiger partial charge on any atom is 0.273 e. The van der Waals surface area contributed by atoms with Crippen LogP contribution >= 0.6 is 28.3 Å². The number of nitrogens with zero attached hydrogens (tertiary/aromatic N) is 3. The van der Waals surface area contributed by atoms with Gasteiger partial charge in [-0.05, 0) is 39.1 Å². The SMILES string of the molecule is CNC(C)CNC(=O)c1nnn(-c2cccc(Br)c2)c1C.Cl. The van der Waals surface area contributed by atoms with E-state index in [2.05, 4.69) is 36.9 Å². The Morgan fingerprint density at radius 1 is 1.45 bits per heavy atom. The van der Waals surface area contributed by atoms with Crippen LogP contribution in [0, 0.1) is 6.92 Å². The summed E-state index contributed by atoms with van der Waals surface area (Å²) in [4.78, 5) is 12.1. The van der Waals surface area contributed by atoms with Gasteiger partial charge < -0.3 is 10.6 Å². The Bertz CT molecular complexity index is 646. The molecule has 0 aliphatic carbocycles. The molecule has 0 bridgehead atoms. The van der Waals surface area contributed by atoms with Crippen molar-refractivity contribution in [2.45, 2.75) is 19.9 Å². The number of benzene rings is 1. The molecule has 2 N–H and O–H groups in total. The van der Waals surface area contributed by atoms with Crippen LogP contribution in [0.4, 0.5) is 0 Å². The van der Waals surface area contributed by atoms with E-state index in [9.17, 15) is 4.79 Å². The van der Waals surface area contributed by atoms with E-state index in [0.717, 1.165) is 10.2 Å². The van der Waals surface area contributed by atoms with Gasteiger partial charge >= 0.3 is 0 Å². The first-order chi connectivity index (χ1) is 10.0. The summed E-state index contributed by atoms with van der Waals surface area (Å²) < 4.78 is 2.60. The molecule has 120 valence electrons. The van der Waals surface area contributed by atoms with Gasteiger partial charge in [-0.15, -0.1) is 17.5 Å². The van der Waals surface area contributed by atoms with Crippen LogP contribution in [0.5, 0.6) is 0 Å². The lowest BCUT2D eigenvalue weighted by atomic mass is 10.2. The average Bonchev–Trinajstić information content (AvgIpc) is 2.86. The number of carbonyl (C=O) groups is 1. The molecule has 0 radical (unpaired) electrons. The van der Waals surface area contributed by atoms with Crippen molar-refractivity contribution in [1.82, 2.24) is 25.6 Å². The Labute approximate surface area is 144 Å². The molecule has 1 unspecified atom stereocenters. The molecule has 0 aliphatic rings. The molecule has 0 fully saturated rings. The minimum atomic E-state index is -0.212. The number of hydrogen-bond acceptors (Lipinski definition) is 4. The number of aromatic nitrogens is 3. The van der Waals surface area contributed by atoms with Gasteiger partial charge in [0.15, 0.2) is 5.69 Å². The van der Waals surface area contributed by atoms with Crippen molar-refractivity contribution in [3.8, 4) is 5.69 Å². The number of amides is 1. The lowest BCUT2D eigenvalue weighted by Gasteiger charge is -2.10. The molecule has 22 heavy (non-hydrogen) atoms. The molecule has 2 aromatic rings. The summed E-state index contributed by atoms with van der Waals surface area (Å²) in [6.07, 6.45) is 0. The van der Waals surface area contributed by atoms with Gasteiger partial charge in [0.2, 0.25) is 0 Å². The molecule has 0 saturated heterocycles. The fourth-order valence-electron chi connectivity index (χ4n) is 1.82. The Morgan fingerprint density at radius 2 is 2.18 bits per heavy atom. The molecule has 8 heteroatoms. The predicted octanol–water partition coefficient (Wildman–Crippen LogP) is 2.10. The largest absolute Gasteiger partial charge is 0.349 e. The van der Waals surface area contributed by atoms with Gasteiger partial charge in [-0.25, -0.2) is 4.68 Å². The smallest absolute Gasteiger partial charge is 0.273 e. The molecule has 0 spiro atoms. The fourth-order valence-corrected chi connectivity index (χ4v) is 2.21. The summed E-state index contributed by atoms with van der Waals surface area (Å²) in [5.41, 5.74) is 1.91. The van der Waals surface area contributed by atoms with E-state index in [-0.39, 0.29) is 24.4 Å². The number of carbonyl (C=O) groups excluding carboxylic acids is 1. The molecule has 6 nitrogen and oxygen atoms in total. The van der Waals surface area contributed by atoms with Crippen LogP contribution in [0.1, 0.15) is 23.1 Å². The molecule has 0 aliphatic heterocycles. The lowest BCUT2D eigenvalue weighted by Crippen LogP contribution is -2.37. The van der Waals surface area contributed by atoms with Crippen molar-refractivity contribution in [2.24, 2.45) is 0 Å². The first kappa shape index (κ1) is 18.6. The first-order valence-electron chi connectivity index (χ1n) is 6.66. The van der Waals surface area contributed by atoms with Gasteiger partial charge in [-0.3, -0.25) is 4.79 Å². The third-order valence-corrected chi connectivity index (χ3v) is 3.72. The van der Waals surface area contributed by atoms with E-state index < -0.39 is 0 Å². The van der Waals surface area contributed by atoms with E-state index in [1.165, 1.54) is 0 Å². The van der Waals surface area contributed by atoms with Crippen LogP contribution in [0.25, 0.3) is 5.69 Å². The van der Waals surface area contributed by atoms with Gasteiger partial charge in [-0.2, -0.15) is 0 Å². The van der Waals surface area contributed by atoms with Crippen LogP contribution in [0.15, 0.2) is 28.7 Å². The molecular weight excluding hydrogens is 370 g/mol. The molecule has 1 atom stereocenters. The second-order valence-electron chi connectivity index (χ2n) is 4.81. The zero-order chi connectivity index (χ0) is 15.4. The summed E-state index contributed by atoms with van der Waals surface area (Å²) >= 11 is 3.42. The molecule has 2 rings (SSSR count). The highest BCUT2D eigenvalue weighted by Gasteiger charge is 2.17. The standard InChI is InChI=1S/C14H18BrN5O.ClH/c1-9(16-3)8-17-14(21)13-10(2)20(19-18-13)12-6-4-5-11(15)7-12;/h4-7,9,16H,8H2,1-3H3,(H,17,21);1H. The highest BCUT2D eigenvalue weighted by atomic mass is 79.9. The Balaban J connectivity index is 0.00000242. The van der Waals surface area contributed by atoms with Gasteiger partial charge in [0, 0.05) is 17.1 Å². The highest BCUT2D eigenvalue weighted by molar-refractivity contribution is 9.10. The van der Waals surface area contributed by atoms with Crippen molar-refractivity contribution in [1.29, 1.82) is 0 Å². The monoisotopic (exact) mass is 387 g/mol. The Hall–Kier alpha value is -1.44.